The second-order valence-electron chi connectivity index (χ2n) is 5.77. The molecule has 0 N–H and O–H groups in total. The molecule has 0 heterocycles. The van der Waals surface area contributed by atoms with Crippen molar-refractivity contribution in [3.63, 3.8) is 0 Å². The highest BCUT2D eigenvalue weighted by molar-refractivity contribution is 6.21. The lowest BCUT2D eigenvalue weighted by Crippen LogP contribution is -2.05. The van der Waals surface area contributed by atoms with E-state index >= 15 is 0 Å². The molecule has 2 rings (SSSR count). The quantitative estimate of drug-likeness (QED) is 0.630. The van der Waals surface area contributed by atoms with E-state index in [0.29, 0.717) is 0 Å². The maximum Gasteiger partial charge on any atom is 0.0630 e. The minimum Gasteiger partial charge on any atom is -0.117 e. The summed E-state index contributed by atoms with van der Waals surface area (Å²) in [6.45, 7) is 10.9. The van der Waals surface area contributed by atoms with Crippen molar-refractivity contribution >= 4 is 11.6 Å². The highest BCUT2D eigenvalue weighted by Crippen LogP contribution is 2.34. The maximum atomic E-state index is 6.77. The van der Waals surface area contributed by atoms with Gasteiger partial charge in [-0.3, -0.25) is 0 Å². The molecule has 0 aromatic heterocycles. The third-order valence-electron chi connectivity index (χ3n) is 4.40. The molecule has 1 unspecified atom stereocenters. The number of benzene rings is 2. The zero-order valence-corrected chi connectivity index (χ0v) is 13.8. The highest BCUT2D eigenvalue weighted by Gasteiger charge is 2.17. The Balaban J connectivity index is 2.40. The predicted molar refractivity (Wildman–Crippen MR) is 88.9 cm³/mol. The standard InChI is InChI=1S/C19H23Cl/c1-12-8-6-7-9-17(12)11-18(20)19-15(4)13(2)10-14(3)16(19)5/h6-10,18H,11H2,1-5H3. The lowest BCUT2D eigenvalue weighted by Gasteiger charge is -2.20. The molecule has 106 valence electrons. The Bertz CT molecular complexity index is 600. The molecule has 0 aliphatic heterocycles. The van der Waals surface area contributed by atoms with Gasteiger partial charge in [0.05, 0.1) is 5.38 Å². The average Bonchev–Trinajstić information content (AvgIpc) is 2.39. The minimum absolute atomic E-state index is 0.0368. The van der Waals surface area contributed by atoms with E-state index in [2.05, 4.69) is 65.0 Å². The van der Waals surface area contributed by atoms with E-state index in [1.54, 1.807) is 0 Å². The van der Waals surface area contributed by atoms with Crippen molar-refractivity contribution in [2.24, 2.45) is 0 Å². The van der Waals surface area contributed by atoms with E-state index in [9.17, 15) is 0 Å². The number of hydrogen-bond acceptors (Lipinski definition) is 0. The smallest absolute Gasteiger partial charge is 0.0630 e. The van der Waals surface area contributed by atoms with Crippen LogP contribution in [0.4, 0.5) is 0 Å². The number of alkyl halides is 1. The van der Waals surface area contributed by atoms with Crippen LogP contribution in [0, 0.1) is 34.6 Å². The van der Waals surface area contributed by atoms with Crippen LogP contribution in [0.3, 0.4) is 0 Å². The molecule has 0 saturated heterocycles. The number of rotatable bonds is 3. The second kappa shape index (κ2) is 6.01. The lowest BCUT2D eigenvalue weighted by molar-refractivity contribution is 0.885. The van der Waals surface area contributed by atoms with Crippen LogP contribution < -0.4 is 0 Å². The molecule has 0 nitrogen and oxygen atoms in total. The van der Waals surface area contributed by atoms with Crippen LogP contribution in [0.25, 0.3) is 0 Å². The van der Waals surface area contributed by atoms with Gasteiger partial charge in [0, 0.05) is 0 Å². The molecule has 1 heteroatoms. The van der Waals surface area contributed by atoms with Crippen molar-refractivity contribution in [3.05, 3.63) is 69.3 Å². The van der Waals surface area contributed by atoms with Gasteiger partial charge < -0.3 is 0 Å². The fourth-order valence-electron chi connectivity index (χ4n) is 2.85. The first-order valence-electron chi connectivity index (χ1n) is 7.17. The molecule has 2 aromatic carbocycles. The fraction of sp³-hybridized carbons (Fsp3) is 0.368. The van der Waals surface area contributed by atoms with E-state index in [-0.39, 0.29) is 5.38 Å². The van der Waals surface area contributed by atoms with Gasteiger partial charge in [-0.25, -0.2) is 0 Å². The molecule has 0 amide bonds. The summed E-state index contributed by atoms with van der Waals surface area (Å²) < 4.78 is 0. The largest absolute Gasteiger partial charge is 0.117 e. The third kappa shape index (κ3) is 2.91. The molecule has 2 aromatic rings. The maximum absolute atomic E-state index is 6.77. The monoisotopic (exact) mass is 286 g/mol. The average molecular weight is 287 g/mol. The second-order valence-corrected chi connectivity index (χ2v) is 6.30. The van der Waals surface area contributed by atoms with Crippen LogP contribution in [-0.4, -0.2) is 0 Å². The van der Waals surface area contributed by atoms with Crippen molar-refractivity contribution in [1.29, 1.82) is 0 Å². The van der Waals surface area contributed by atoms with Crippen molar-refractivity contribution < 1.29 is 0 Å². The van der Waals surface area contributed by atoms with Crippen molar-refractivity contribution in [2.75, 3.05) is 0 Å². The zero-order chi connectivity index (χ0) is 14.9. The van der Waals surface area contributed by atoms with E-state index < -0.39 is 0 Å². The molecular weight excluding hydrogens is 264 g/mol. The SMILES string of the molecule is Cc1ccccc1CC(Cl)c1c(C)c(C)cc(C)c1C. The number of hydrogen-bond donors (Lipinski definition) is 0. The van der Waals surface area contributed by atoms with Crippen LogP contribution in [-0.2, 0) is 6.42 Å². The lowest BCUT2D eigenvalue weighted by atomic mass is 9.89. The Morgan fingerprint density at radius 1 is 0.850 bits per heavy atom. The molecule has 1 atom stereocenters. The van der Waals surface area contributed by atoms with Gasteiger partial charge in [0.15, 0.2) is 0 Å². The van der Waals surface area contributed by atoms with E-state index in [1.807, 2.05) is 0 Å². The van der Waals surface area contributed by atoms with Gasteiger partial charge in [-0.1, -0.05) is 30.3 Å². The van der Waals surface area contributed by atoms with Gasteiger partial charge in [-0.2, -0.15) is 0 Å². The van der Waals surface area contributed by atoms with Gasteiger partial charge in [-0.05, 0) is 80.0 Å². The van der Waals surface area contributed by atoms with Crippen LogP contribution in [0.2, 0.25) is 0 Å². The molecular formula is C19H23Cl. The van der Waals surface area contributed by atoms with E-state index in [1.165, 1.54) is 38.9 Å². The first-order valence-corrected chi connectivity index (χ1v) is 7.61. The first kappa shape index (κ1) is 15.1. The van der Waals surface area contributed by atoms with Gasteiger partial charge in [0.1, 0.15) is 0 Å². The molecule has 0 bridgehead atoms. The summed E-state index contributed by atoms with van der Waals surface area (Å²) in [5.41, 5.74) is 9.30. The summed E-state index contributed by atoms with van der Waals surface area (Å²) >= 11 is 6.77. The van der Waals surface area contributed by atoms with Crippen LogP contribution >= 0.6 is 11.6 Å². The highest BCUT2D eigenvalue weighted by atomic mass is 35.5. The van der Waals surface area contributed by atoms with Gasteiger partial charge in [0.25, 0.3) is 0 Å². The summed E-state index contributed by atoms with van der Waals surface area (Å²) in [5, 5.41) is 0.0368. The van der Waals surface area contributed by atoms with Gasteiger partial charge in [-0.15, -0.1) is 11.6 Å². The van der Waals surface area contributed by atoms with Crippen molar-refractivity contribution in [3.8, 4) is 0 Å². The topological polar surface area (TPSA) is 0 Å². The van der Waals surface area contributed by atoms with E-state index in [0.717, 1.165) is 6.42 Å². The molecule has 20 heavy (non-hydrogen) atoms. The Morgan fingerprint density at radius 2 is 1.40 bits per heavy atom. The fourth-order valence-corrected chi connectivity index (χ4v) is 3.35. The summed E-state index contributed by atoms with van der Waals surface area (Å²) in [6.07, 6.45) is 0.888. The molecule has 0 radical (unpaired) electrons. The first-order chi connectivity index (χ1) is 9.41. The van der Waals surface area contributed by atoms with E-state index in [4.69, 9.17) is 11.6 Å². The Hall–Kier alpha value is -1.27. The molecule has 0 aliphatic rings. The van der Waals surface area contributed by atoms with Crippen LogP contribution in [0.15, 0.2) is 30.3 Å². The summed E-state index contributed by atoms with van der Waals surface area (Å²) in [6, 6.07) is 10.8. The predicted octanol–water partition coefficient (Wildman–Crippen LogP) is 5.75. The minimum atomic E-state index is 0.0368. The zero-order valence-electron chi connectivity index (χ0n) is 13.0. The Morgan fingerprint density at radius 3 is 1.95 bits per heavy atom. The summed E-state index contributed by atoms with van der Waals surface area (Å²) in [4.78, 5) is 0. The summed E-state index contributed by atoms with van der Waals surface area (Å²) in [5.74, 6) is 0. The van der Waals surface area contributed by atoms with Crippen LogP contribution in [0.1, 0.15) is 44.3 Å². The Labute approximate surface area is 127 Å². The van der Waals surface area contributed by atoms with Crippen LogP contribution in [0.5, 0.6) is 0 Å². The molecule has 0 saturated carbocycles. The number of halogens is 1. The number of aryl methyl sites for hydroxylation is 3. The molecule has 0 spiro atoms. The normalized spacial score (nSPS) is 12.5. The van der Waals surface area contributed by atoms with Gasteiger partial charge >= 0.3 is 0 Å². The Kier molecular flexibility index (Phi) is 4.55. The molecule has 0 aliphatic carbocycles. The summed E-state index contributed by atoms with van der Waals surface area (Å²) in [7, 11) is 0. The third-order valence-corrected chi connectivity index (χ3v) is 4.77. The van der Waals surface area contributed by atoms with Gasteiger partial charge in [0.2, 0.25) is 0 Å². The van der Waals surface area contributed by atoms with Crippen molar-refractivity contribution in [1.82, 2.24) is 0 Å². The molecule has 0 fully saturated rings. The van der Waals surface area contributed by atoms with Crippen molar-refractivity contribution in [2.45, 2.75) is 46.4 Å².